The minimum atomic E-state index is -1.23. The van der Waals surface area contributed by atoms with Gasteiger partial charge in [-0.2, -0.15) is 0 Å². The zero-order valence-electron chi connectivity index (χ0n) is 11.4. The summed E-state index contributed by atoms with van der Waals surface area (Å²) in [5.41, 5.74) is 0.530. The monoisotopic (exact) mass is 277 g/mol. The number of nitrogens with zero attached hydrogens (tertiary/aromatic N) is 1. The lowest BCUT2D eigenvalue weighted by Gasteiger charge is -2.35. The van der Waals surface area contributed by atoms with E-state index in [1.165, 1.54) is 4.90 Å². The topological polar surface area (TPSA) is 77.8 Å². The molecule has 2 unspecified atom stereocenters. The van der Waals surface area contributed by atoms with E-state index < -0.39 is 23.9 Å². The van der Waals surface area contributed by atoms with Crippen molar-refractivity contribution < 1.29 is 19.8 Å². The molecule has 3 atom stereocenters. The van der Waals surface area contributed by atoms with E-state index in [1.54, 1.807) is 24.3 Å². The quantitative estimate of drug-likeness (QED) is 0.872. The Kier molecular flexibility index (Phi) is 4.39. The van der Waals surface area contributed by atoms with Gasteiger partial charge < -0.3 is 15.1 Å². The third kappa shape index (κ3) is 3.17. The van der Waals surface area contributed by atoms with Crippen molar-refractivity contribution >= 4 is 11.9 Å². The molecular weight excluding hydrogens is 258 g/mol. The molecule has 108 valence electrons. The van der Waals surface area contributed by atoms with Crippen molar-refractivity contribution in [3.63, 3.8) is 0 Å². The van der Waals surface area contributed by atoms with E-state index in [4.69, 9.17) is 5.11 Å². The standard InChI is InChI=1S/C15H19NO4/c1-10-7-12(15(19)20)9-16(8-10)14(18)13(17)11-5-3-2-4-6-11/h2-6,10,12-13,17H,7-9H2,1H3,(H,19,20)/t10?,12?,13-/m0/s1. The highest BCUT2D eigenvalue weighted by molar-refractivity contribution is 5.83. The van der Waals surface area contributed by atoms with Crippen LogP contribution in [-0.2, 0) is 9.59 Å². The van der Waals surface area contributed by atoms with Crippen LogP contribution in [0.2, 0.25) is 0 Å². The molecule has 0 saturated carbocycles. The summed E-state index contributed by atoms with van der Waals surface area (Å²) in [6.07, 6.45) is -0.656. The number of aliphatic carboxylic acids is 1. The molecule has 20 heavy (non-hydrogen) atoms. The molecule has 2 N–H and O–H groups in total. The van der Waals surface area contributed by atoms with Crippen molar-refractivity contribution in [3.05, 3.63) is 35.9 Å². The molecule has 1 aliphatic heterocycles. The minimum absolute atomic E-state index is 0.122. The number of benzene rings is 1. The smallest absolute Gasteiger partial charge is 0.308 e. The van der Waals surface area contributed by atoms with Gasteiger partial charge in [-0.1, -0.05) is 37.3 Å². The molecule has 0 aromatic heterocycles. The summed E-state index contributed by atoms with van der Waals surface area (Å²) in [4.78, 5) is 24.9. The average Bonchev–Trinajstić information content (AvgIpc) is 2.46. The number of hydrogen-bond acceptors (Lipinski definition) is 3. The van der Waals surface area contributed by atoms with Gasteiger partial charge in [-0.25, -0.2) is 0 Å². The van der Waals surface area contributed by atoms with Crippen LogP contribution in [0.1, 0.15) is 25.0 Å². The number of carboxylic acid groups (broad SMARTS) is 1. The summed E-state index contributed by atoms with van der Waals surface area (Å²) in [7, 11) is 0. The van der Waals surface area contributed by atoms with Crippen LogP contribution < -0.4 is 0 Å². The number of hydrogen-bond donors (Lipinski definition) is 2. The first kappa shape index (κ1) is 14.5. The van der Waals surface area contributed by atoms with Gasteiger partial charge in [-0.05, 0) is 17.9 Å². The molecule has 0 radical (unpaired) electrons. The Morgan fingerprint density at radius 2 is 1.90 bits per heavy atom. The predicted molar refractivity (Wildman–Crippen MR) is 72.9 cm³/mol. The summed E-state index contributed by atoms with van der Waals surface area (Å²) in [5, 5.41) is 19.2. The van der Waals surface area contributed by atoms with Crippen molar-refractivity contribution in [3.8, 4) is 0 Å². The van der Waals surface area contributed by atoms with Crippen LogP contribution in [0.3, 0.4) is 0 Å². The Bertz CT molecular complexity index is 488. The third-order valence-corrected chi connectivity index (χ3v) is 3.67. The Morgan fingerprint density at radius 1 is 1.25 bits per heavy atom. The summed E-state index contributed by atoms with van der Waals surface area (Å²) >= 11 is 0. The SMILES string of the molecule is CC1CC(C(=O)O)CN(C(=O)[C@@H](O)c2ccccc2)C1. The van der Waals surface area contributed by atoms with Gasteiger partial charge in [0.05, 0.1) is 5.92 Å². The Labute approximate surface area is 117 Å². The second kappa shape index (κ2) is 6.05. The van der Waals surface area contributed by atoms with Crippen molar-refractivity contribution in [2.24, 2.45) is 11.8 Å². The first-order chi connectivity index (χ1) is 9.49. The molecule has 1 fully saturated rings. The van der Waals surface area contributed by atoms with E-state index in [0.29, 0.717) is 18.5 Å². The molecule has 1 aliphatic rings. The number of carboxylic acids is 1. The van der Waals surface area contributed by atoms with Crippen LogP contribution >= 0.6 is 0 Å². The van der Waals surface area contributed by atoms with Gasteiger partial charge in [0, 0.05) is 13.1 Å². The van der Waals surface area contributed by atoms with Gasteiger partial charge in [-0.3, -0.25) is 9.59 Å². The first-order valence-electron chi connectivity index (χ1n) is 6.73. The fraction of sp³-hybridized carbons (Fsp3) is 0.467. The second-order valence-electron chi connectivity index (χ2n) is 5.43. The van der Waals surface area contributed by atoms with Crippen molar-refractivity contribution in [1.82, 2.24) is 4.90 Å². The zero-order valence-corrected chi connectivity index (χ0v) is 11.4. The zero-order chi connectivity index (χ0) is 14.7. The van der Waals surface area contributed by atoms with Crippen LogP contribution in [0.25, 0.3) is 0 Å². The number of piperidine rings is 1. The second-order valence-corrected chi connectivity index (χ2v) is 5.43. The van der Waals surface area contributed by atoms with E-state index in [-0.39, 0.29) is 12.5 Å². The maximum atomic E-state index is 12.3. The molecule has 0 spiro atoms. The predicted octanol–water partition coefficient (Wildman–Crippen LogP) is 1.29. The maximum Gasteiger partial charge on any atom is 0.308 e. The van der Waals surface area contributed by atoms with Crippen molar-refractivity contribution in [2.75, 3.05) is 13.1 Å². The van der Waals surface area contributed by atoms with Crippen molar-refractivity contribution in [1.29, 1.82) is 0 Å². The normalized spacial score (nSPS) is 24.2. The molecular formula is C15H19NO4. The molecule has 1 heterocycles. The number of carbonyl (C=O) groups excluding carboxylic acids is 1. The molecule has 1 aromatic rings. The van der Waals surface area contributed by atoms with Crippen LogP contribution in [0.15, 0.2) is 30.3 Å². The summed E-state index contributed by atoms with van der Waals surface area (Å²) in [5.74, 6) is -1.74. The average molecular weight is 277 g/mol. The number of amides is 1. The Hall–Kier alpha value is -1.88. The third-order valence-electron chi connectivity index (χ3n) is 3.67. The largest absolute Gasteiger partial charge is 0.481 e. The lowest BCUT2D eigenvalue weighted by molar-refractivity contribution is -0.150. The maximum absolute atomic E-state index is 12.3. The molecule has 1 aromatic carbocycles. The van der Waals surface area contributed by atoms with E-state index in [2.05, 4.69) is 0 Å². The van der Waals surface area contributed by atoms with Crippen LogP contribution in [0.5, 0.6) is 0 Å². The van der Waals surface area contributed by atoms with E-state index in [1.807, 2.05) is 13.0 Å². The fourth-order valence-corrected chi connectivity index (χ4v) is 2.66. The molecule has 5 heteroatoms. The van der Waals surface area contributed by atoms with Crippen LogP contribution in [0, 0.1) is 11.8 Å². The molecule has 2 rings (SSSR count). The number of carbonyl (C=O) groups is 2. The molecule has 1 saturated heterocycles. The van der Waals surface area contributed by atoms with Crippen LogP contribution in [-0.4, -0.2) is 40.1 Å². The fourth-order valence-electron chi connectivity index (χ4n) is 2.66. The highest BCUT2D eigenvalue weighted by Crippen LogP contribution is 2.25. The van der Waals surface area contributed by atoms with Gasteiger partial charge in [0.1, 0.15) is 0 Å². The summed E-state index contributed by atoms with van der Waals surface area (Å²) in [6, 6.07) is 8.69. The number of aliphatic hydroxyl groups excluding tert-OH is 1. The molecule has 5 nitrogen and oxygen atoms in total. The number of aliphatic hydroxyl groups is 1. The lowest BCUT2D eigenvalue weighted by atomic mass is 9.90. The molecule has 0 bridgehead atoms. The Morgan fingerprint density at radius 3 is 2.50 bits per heavy atom. The highest BCUT2D eigenvalue weighted by atomic mass is 16.4. The minimum Gasteiger partial charge on any atom is -0.481 e. The first-order valence-corrected chi connectivity index (χ1v) is 6.73. The number of likely N-dealkylation sites (tertiary alicyclic amines) is 1. The van der Waals surface area contributed by atoms with Crippen molar-refractivity contribution in [2.45, 2.75) is 19.4 Å². The summed E-state index contributed by atoms with van der Waals surface area (Å²) in [6.45, 7) is 2.58. The lowest BCUT2D eigenvalue weighted by Crippen LogP contribution is -2.47. The van der Waals surface area contributed by atoms with Crippen LogP contribution in [0.4, 0.5) is 0 Å². The number of rotatable bonds is 3. The Balaban J connectivity index is 2.10. The highest BCUT2D eigenvalue weighted by Gasteiger charge is 2.34. The van der Waals surface area contributed by atoms with E-state index in [9.17, 15) is 14.7 Å². The van der Waals surface area contributed by atoms with Gasteiger partial charge in [-0.15, -0.1) is 0 Å². The van der Waals surface area contributed by atoms with Gasteiger partial charge in [0.25, 0.3) is 5.91 Å². The van der Waals surface area contributed by atoms with E-state index >= 15 is 0 Å². The van der Waals surface area contributed by atoms with Gasteiger partial charge in [0.15, 0.2) is 6.10 Å². The van der Waals surface area contributed by atoms with E-state index in [0.717, 1.165) is 0 Å². The van der Waals surface area contributed by atoms with Gasteiger partial charge in [0.2, 0.25) is 0 Å². The molecule has 1 amide bonds. The van der Waals surface area contributed by atoms with Gasteiger partial charge >= 0.3 is 5.97 Å². The summed E-state index contributed by atoms with van der Waals surface area (Å²) < 4.78 is 0. The molecule has 0 aliphatic carbocycles.